The summed E-state index contributed by atoms with van der Waals surface area (Å²) in [5.74, 6) is -2.75. The normalized spacial score (nSPS) is 23.6. The molecule has 2 amide bonds. The highest BCUT2D eigenvalue weighted by Crippen LogP contribution is 2.50. The lowest BCUT2D eigenvalue weighted by molar-refractivity contribution is -0.122. The predicted molar refractivity (Wildman–Crippen MR) is 145 cm³/mol. The van der Waals surface area contributed by atoms with E-state index < -0.39 is 29.8 Å². The maximum atomic E-state index is 14.0. The van der Waals surface area contributed by atoms with Crippen LogP contribution in [0.4, 0.5) is 11.4 Å². The van der Waals surface area contributed by atoms with Crippen LogP contribution in [0.2, 0.25) is 5.02 Å². The van der Waals surface area contributed by atoms with E-state index in [0.29, 0.717) is 21.8 Å². The van der Waals surface area contributed by atoms with Gasteiger partial charge in [0.05, 0.1) is 23.6 Å². The number of carbonyl (C=O) groups excluding carboxylic acids is 4. The lowest BCUT2D eigenvalue weighted by atomic mass is 9.86. The minimum atomic E-state index is -0.892. The molecule has 0 saturated carbocycles. The number of ketones is 2. The van der Waals surface area contributed by atoms with Gasteiger partial charge in [0.15, 0.2) is 11.6 Å². The number of carbonyl (C=O) groups is 4. The molecule has 2 fully saturated rings. The minimum Gasteiger partial charge on any atom is -0.352 e. The van der Waals surface area contributed by atoms with Crippen molar-refractivity contribution in [2.24, 2.45) is 11.8 Å². The van der Waals surface area contributed by atoms with E-state index in [1.54, 1.807) is 60.7 Å². The van der Waals surface area contributed by atoms with Gasteiger partial charge in [-0.25, -0.2) is 4.90 Å². The summed E-state index contributed by atoms with van der Waals surface area (Å²) in [4.78, 5) is 56.6. The van der Waals surface area contributed by atoms with Gasteiger partial charge in [0.2, 0.25) is 11.8 Å². The molecule has 2 saturated heterocycles. The molecule has 184 valence electrons. The maximum absolute atomic E-state index is 14.0. The van der Waals surface area contributed by atoms with Crippen molar-refractivity contribution >= 4 is 68.4 Å². The molecule has 3 aromatic rings. The standard InChI is InChI=1S/C29H20BrClN2O4/c1-15(34)16-5-11-21(12-6-16)32-28(36)24-22-13-7-17-4-10-20(31)14-23(17)33(22)26(25(24)29(32)37)27(35)18-2-8-19(30)9-3-18/h2-14,22,24-26H,1H3/t22-,24-,25-,26-/m0/s1. The molecular formula is C29H20BrClN2O4. The number of benzene rings is 3. The van der Waals surface area contributed by atoms with Crippen molar-refractivity contribution in [2.75, 3.05) is 9.80 Å². The van der Waals surface area contributed by atoms with E-state index in [1.165, 1.54) is 11.8 Å². The molecule has 0 aliphatic carbocycles. The first-order chi connectivity index (χ1) is 17.8. The van der Waals surface area contributed by atoms with Crippen LogP contribution in [0.1, 0.15) is 33.2 Å². The van der Waals surface area contributed by atoms with Crippen molar-refractivity contribution in [1.82, 2.24) is 0 Å². The van der Waals surface area contributed by atoms with Crippen molar-refractivity contribution in [1.29, 1.82) is 0 Å². The van der Waals surface area contributed by atoms with Crippen LogP contribution in [0.3, 0.4) is 0 Å². The molecule has 0 bridgehead atoms. The van der Waals surface area contributed by atoms with Crippen molar-refractivity contribution < 1.29 is 19.2 Å². The molecule has 0 aromatic heterocycles. The number of halogens is 2. The number of nitrogens with zero attached hydrogens (tertiary/aromatic N) is 2. The highest BCUT2D eigenvalue weighted by Gasteiger charge is 2.64. The molecule has 3 aromatic carbocycles. The molecule has 3 aliphatic heterocycles. The van der Waals surface area contributed by atoms with E-state index in [1.807, 2.05) is 23.1 Å². The maximum Gasteiger partial charge on any atom is 0.240 e. The number of anilines is 2. The summed E-state index contributed by atoms with van der Waals surface area (Å²) in [7, 11) is 0. The van der Waals surface area contributed by atoms with Crippen molar-refractivity contribution in [2.45, 2.75) is 19.0 Å². The Labute approximate surface area is 226 Å². The van der Waals surface area contributed by atoms with Gasteiger partial charge in [-0.05, 0) is 61.0 Å². The number of hydrogen-bond acceptors (Lipinski definition) is 5. The zero-order chi connectivity index (χ0) is 26.0. The molecular weight excluding hydrogens is 556 g/mol. The number of amides is 2. The van der Waals surface area contributed by atoms with Gasteiger partial charge in [0.1, 0.15) is 6.04 Å². The molecule has 6 rings (SSSR count). The first kappa shape index (κ1) is 23.8. The van der Waals surface area contributed by atoms with Gasteiger partial charge >= 0.3 is 0 Å². The summed E-state index contributed by atoms with van der Waals surface area (Å²) in [5, 5.41) is 0.504. The summed E-state index contributed by atoms with van der Waals surface area (Å²) < 4.78 is 0.830. The average Bonchev–Trinajstić information content (AvgIpc) is 3.36. The molecule has 6 nitrogen and oxygen atoms in total. The van der Waals surface area contributed by atoms with Gasteiger partial charge < -0.3 is 4.90 Å². The van der Waals surface area contributed by atoms with Gasteiger partial charge in [-0.1, -0.05) is 57.9 Å². The Morgan fingerprint density at radius 1 is 0.865 bits per heavy atom. The van der Waals surface area contributed by atoms with E-state index in [2.05, 4.69) is 15.9 Å². The summed E-state index contributed by atoms with van der Waals surface area (Å²) in [6.45, 7) is 1.46. The Balaban J connectivity index is 1.47. The summed E-state index contributed by atoms with van der Waals surface area (Å²) in [6, 6.07) is 17.4. The first-order valence-electron chi connectivity index (χ1n) is 11.8. The SMILES string of the molecule is CC(=O)c1ccc(N2C(=O)[C@@H]3[C@H](C2=O)[C@@H](C(=O)c2ccc(Br)cc2)N2c4cc(Cl)ccc4C=C[C@@H]32)cc1. The Bertz CT molecular complexity index is 1520. The van der Waals surface area contributed by atoms with Crippen LogP contribution >= 0.6 is 27.5 Å². The fourth-order valence-corrected chi connectivity index (χ4v) is 6.15. The smallest absolute Gasteiger partial charge is 0.240 e. The van der Waals surface area contributed by atoms with Crippen molar-refractivity contribution in [3.63, 3.8) is 0 Å². The number of hydrogen-bond donors (Lipinski definition) is 0. The van der Waals surface area contributed by atoms with Crippen LogP contribution in [0.5, 0.6) is 0 Å². The fraction of sp³-hybridized carbons (Fsp3) is 0.172. The van der Waals surface area contributed by atoms with Gasteiger partial charge in [0.25, 0.3) is 0 Å². The molecule has 0 spiro atoms. The second-order valence-electron chi connectivity index (χ2n) is 9.44. The molecule has 0 N–H and O–H groups in total. The van der Waals surface area contributed by atoms with Gasteiger partial charge in [-0.15, -0.1) is 0 Å². The first-order valence-corrected chi connectivity index (χ1v) is 13.0. The minimum absolute atomic E-state index is 0.108. The largest absolute Gasteiger partial charge is 0.352 e. The fourth-order valence-electron chi connectivity index (χ4n) is 5.72. The van der Waals surface area contributed by atoms with E-state index in [4.69, 9.17) is 11.6 Å². The second-order valence-corrected chi connectivity index (χ2v) is 10.8. The number of imide groups is 1. The van der Waals surface area contributed by atoms with Gasteiger partial charge in [-0.3, -0.25) is 19.2 Å². The Hall–Kier alpha value is -3.55. The highest BCUT2D eigenvalue weighted by atomic mass is 79.9. The predicted octanol–water partition coefficient (Wildman–Crippen LogP) is 5.58. The highest BCUT2D eigenvalue weighted by molar-refractivity contribution is 9.10. The van der Waals surface area contributed by atoms with Gasteiger partial charge in [-0.2, -0.15) is 0 Å². The third-order valence-electron chi connectivity index (χ3n) is 7.40. The molecule has 0 unspecified atom stereocenters. The zero-order valence-corrected chi connectivity index (χ0v) is 21.9. The number of rotatable bonds is 4. The van der Waals surface area contributed by atoms with Crippen LogP contribution in [-0.4, -0.2) is 35.5 Å². The number of Topliss-reactive ketones (excluding diaryl/α,β-unsaturated/α-hetero) is 2. The van der Waals surface area contributed by atoms with Crippen LogP contribution in [0, 0.1) is 11.8 Å². The van der Waals surface area contributed by atoms with E-state index in [0.717, 1.165) is 15.7 Å². The topological polar surface area (TPSA) is 74.8 Å². The van der Waals surface area contributed by atoms with Crippen LogP contribution in [-0.2, 0) is 9.59 Å². The lowest BCUT2D eigenvalue weighted by Crippen LogP contribution is -2.48. The van der Waals surface area contributed by atoms with E-state index in [-0.39, 0.29) is 17.5 Å². The van der Waals surface area contributed by atoms with Crippen molar-refractivity contribution in [3.05, 3.63) is 99.0 Å². The lowest BCUT2D eigenvalue weighted by Gasteiger charge is -2.36. The third-order valence-corrected chi connectivity index (χ3v) is 8.16. The molecule has 37 heavy (non-hydrogen) atoms. The van der Waals surface area contributed by atoms with E-state index >= 15 is 0 Å². The molecule has 3 heterocycles. The average molecular weight is 576 g/mol. The number of fused-ring (bicyclic) bond motifs is 5. The van der Waals surface area contributed by atoms with Crippen LogP contribution < -0.4 is 9.80 Å². The molecule has 3 aliphatic rings. The Kier molecular flexibility index (Phi) is 5.66. The third kappa shape index (κ3) is 3.68. The Morgan fingerprint density at radius 2 is 1.51 bits per heavy atom. The summed E-state index contributed by atoms with van der Waals surface area (Å²) in [5.41, 5.74) is 2.92. The molecule has 4 atom stereocenters. The van der Waals surface area contributed by atoms with E-state index in [9.17, 15) is 19.2 Å². The van der Waals surface area contributed by atoms with Crippen LogP contribution in [0.15, 0.2) is 77.3 Å². The monoisotopic (exact) mass is 574 g/mol. The van der Waals surface area contributed by atoms with Gasteiger partial charge in [0, 0.05) is 26.3 Å². The Morgan fingerprint density at radius 3 is 2.19 bits per heavy atom. The van der Waals surface area contributed by atoms with Crippen LogP contribution in [0.25, 0.3) is 6.08 Å². The summed E-state index contributed by atoms with van der Waals surface area (Å²) >= 11 is 9.74. The zero-order valence-electron chi connectivity index (χ0n) is 19.6. The summed E-state index contributed by atoms with van der Waals surface area (Å²) in [6.07, 6.45) is 3.81. The quantitative estimate of drug-likeness (QED) is 0.300. The second kappa shape index (κ2) is 8.78. The molecule has 0 radical (unpaired) electrons. The van der Waals surface area contributed by atoms with Crippen molar-refractivity contribution in [3.8, 4) is 0 Å². The molecule has 8 heteroatoms.